The van der Waals surface area contributed by atoms with E-state index in [-0.39, 0.29) is 10.6 Å². The average Bonchev–Trinajstić information content (AvgIpc) is 2.32. The molecule has 0 aromatic heterocycles. The second-order valence-corrected chi connectivity index (χ2v) is 5.14. The fourth-order valence-corrected chi connectivity index (χ4v) is 2.01. The molecule has 0 fully saturated rings. The van der Waals surface area contributed by atoms with Crippen LogP contribution in [0.5, 0.6) is 0 Å². The number of hydrogen-bond acceptors (Lipinski definition) is 4. The Morgan fingerprint density at radius 2 is 1.72 bits per heavy atom. The molecule has 0 radical (unpaired) electrons. The molecular formula is C12H12N2O3S. The maximum atomic E-state index is 10.9. The zero-order valence-electron chi connectivity index (χ0n) is 9.37. The van der Waals surface area contributed by atoms with Crippen molar-refractivity contribution in [2.24, 2.45) is 0 Å². The van der Waals surface area contributed by atoms with Gasteiger partial charge in [-0.3, -0.25) is 4.55 Å². The maximum absolute atomic E-state index is 10.9. The Morgan fingerprint density at radius 3 is 2.28 bits per heavy atom. The first-order chi connectivity index (χ1) is 8.47. The highest BCUT2D eigenvalue weighted by Gasteiger charge is 2.11. The van der Waals surface area contributed by atoms with Crippen LogP contribution in [0, 0.1) is 0 Å². The van der Waals surface area contributed by atoms with Crippen LogP contribution in [-0.2, 0) is 10.1 Å². The molecule has 6 heteroatoms. The summed E-state index contributed by atoms with van der Waals surface area (Å²) in [6.45, 7) is 0. The third kappa shape index (κ3) is 2.79. The molecule has 5 nitrogen and oxygen atoms in total. The van der Waals surface area contributed by atoms with Crippen LogP contribution < -0.4 is 11.1 Å². The molecule has 18 heavy (non-hydrogen) atoms. The van der Waals surface area contributed by atoms with E-state index in [1.165, 1.54) is 18.2 Å². The summed E-state index contributed by atoms with van der Waals surface area (Å²) in [5, 5.41) is 3.05. The molecule has 94 valence electrons. The molecule has 0 spiro atoms. The average molecular weight is 264 g/mol. The van der Waals surface area contributed by atoms with Crippen molar-refractivity contribution in [1.29, 1.82) is 0 Å². The molecule has 0 aliphatic rings. The van der Waals surface area contributed by atoms with Gasteiger partial charge < -0.3 is 11.1 Å². The predicted octanol–water partition coefficient (Wildman–Crippen LogP) is 2.26. The van der Waals surface area contributed by atoms with E-state index in [9.17, 15) is 8.42 Å². The SMILES string of the molecule is Nc1cc(S(=O)(=O)O)ccc1Nc1ccccc1. The van der Waals surface area contributed by atoms with Crippen LogP contribution >= 0.6 is 0 Å². The topological polar surface area (TPSA) is 92.4 Å². The number of nitrogens with two attached hydrogens (primary N) is 1. The zero-order chi connectivity index (χ0) is 13.2. The molecule has 0 amide bonds. The van der Waals surface area contributed by atoms with Gasteiger partial charge in [0.2, 0.25) is 0 Å². The quantitative estimate of drug-likeness (QED) is 0.584. The fourth-order valence-electron chi connectivity index (χ4n) is 1.49. The summed E-state index contributed by atoms with van der Waals surface area (Å²) < 4.78 is 30.8. The lowest BCUT2D eigenvalue weighted by Crippen LogP contribution is -2.01. The number of hydrogen-bond donors (Lipinski definition) is 3. The summed E-state index contributed by atoms with van der Waals surface area (Å²) in [7, 11) is -4.22. The zero-order valence-corrected chi connectivity index (χ0v) is 10.2. The Hall–Kier alpha value is -2.05. The van der Waals surface area contributed by atoms with Gasteiger partial charge in [0.15, 0.2) is 0 Å². The van der Waals surface area contributed by atoms with Crippen LogP contribution in [0.2, 0.25) is 0 Å². The summed E-state index contributed by atoms with van der Waals surface area (Å²) in [5.74, 6) is 0. The maximum Gasteiger partial charge on any atom is 0.294 e. The van der Waals surface area contributed by atoms with Crippen molar-refractivity contribution >= 4 is 27.2 Å². The Balaban J connectivity index is 2.32. The van der Waals surface area contributed by atoms with Crippen LogP contribution in [0.1, 0.15) is 0 Å². The van der Waals surface area contributed by atoms with Gasteiger partial charge in [-0.25, -0.2) is 0 Å². The first-order valence-electron chi connectivity index (χ1n) is 5.16. The lowest BCUT2D eigenvalue weighted by atomic mass is 10.2. The molecule has 0 bridgehead atoms. The van der Waals surface area contributed by atoms with Crippen molar-refractivity contribution in [3.63, 3.8) is 0 Å². The molecule has 2 rings (SSSR count). The summed E-state index contributed by atoms with van der Waals surface area (Å²) in [6.07, 6.45) is 0. The van der Waals surface area contributed by atoms with Crippen molar-refractivity contribution in [1.82, 2.24) is 0 Å². The number of benzene rings is 2. The van der Waals surface area contributed by atoms with Gasteiger partial charge in [0.25, 0.3) is 10.1 Å². The van der Waals surface area contributed by atoms with Crippen LogP contribution in [0.4, 0.5) is 17.1 Å². The Labute approximate surface area is 105 Å². The normalized spacial score (nSPS) is 11.2. The predicted molar refractivity (Wildman–Crippen MR) is 70.4 cm³/mol. The fraction of sp³-hybridized carbons (Fsp3) is 0. The van der Waals surface area contributed by atoms with E-state index in [2.05, 4.69) is 5.32 Å². The molecule has 0 atom stereocenters. The van der Waals surface area contributed by atoms with Gasteiger partial charge in [-0.1, -0.05) is 18.2 Å². The van der Waals surface area contributed by atoms with Gasteiger partial charge in [-0.05, 0) is 30.3 Å². The third-order valence-corrected chi connectivity index (χ3v) is 3.22. The molecule has 0 unspecified atom stereocenters. The smallest absolute Gasteiger partial charge is 0.294 e. The minimum absolute atomic E-state index is 0.224. The van der Waals surface area contributed by atoms with E-state index in [0.717, 1.165) is 5.69 Å². The van der Waals surface area contributed by atoms with Crippen LogP contribution in [0.15, 0.2) is 53.4 Å². The molecule has 0 aliphatic heterocycles. The lowest BCUT2D eigenvalue weighted by Gasteiger charge is -2.10. The van der Waals surface area contributed by atoms with E-state index in [1.807, 2.05) is 30.3 Å². The first kappa shape index (κ1) is 12.4. The third-order valence-electron chi connectivity index (χ3n) is 2.37. The van der Waals surface area contributed by atoms with Gasteiger partial charge in [0.05, 0.1) is 16.3 Å². The second kappa shape index (κ2) is 4.67. The molecule has 0 heterocycles. The van der Waals surface area contributed by atoms with E-state index >= 15 is 0 Å². The van der Waals surface area contributed by atoms with E-state index in [4.69, 9.17) is 10.3 Å². The van der Waals surface area contributed by atoms with Gasteiger partial charge in [-0.15, -0.1) is 0 Å². The van der Waals surface area contributed by atoms with Crippen molar-refractivity contribution in [2.75, 3.05) is 11.1 Å². The second-order valence-electron chi connectivity index (χ2n) is 3.72. The first-order valence-corrected chi connectivity index (χ1v) is 6.60. The molecule has 2 aromatic rings. The molecule has 2 aromatic carbocycles. The summed E-state index contributed by atoms with van der Waals surface area (Å²) in [6, 6.07) is 13.3. The van der Waals surface area contributed by atoms with Gasteiger partial charge in [-0.2, -0.15) is 8.42 Å². The minimum Gasteiger partial charge on any atom is -0.397 e. The van der Waals surface area contributed by atoms with Crippen molar-refractivity contribution in [3.8, 4) is 0 Å². The minimum atomic E-state index is -4.22. The highest BCUT2D eigenvalue weighted by molar-refractivity contribution is 7.85. The highest BCUT2D eigenvalue weighted by Crippen LogP contribution is 2.25. The van der Waals surface area contributed by atoms with Gasteiger partial charge >= 0.3 is 0 Å². The van der Waals surface area contributed by atoms with Crippen molar-refractivity contribution in [3.05, 3.63) is 48.5 Å². The Bertz CT molecular complexity index is 654. The van der Waals surface area contributed by atoms with Crippen LogP contribution in [0.25, 0.3) is 0 Å². The van der Waals surface area contributed by atoms with Crippen LogP contribution in [0.3, 0.4) is 0 Å². The molecule has 4 N–H and O–H groups in total. The molecular weight excluding hydrogens is 252 g/mol. The van der Waals surface area contributed by atoms with Gasteiger partial charge in [0, 0.05) is 5.69 Å². The Kier molecular flexibility index (Phi) is 3.22. The van der Waals surface area contributed by atoms with Gasteiger partial charge in [0.1, 0.15) is 0 Å². The van der Waals surface area contributed by atoms with E-state index < -0.39 is 10.1 Å². The number of nitrogens with one attached hydrogen (secondary N) is 1. The highest BCUT2D eigenvalue weighted by atomic mass is 32.2. The van der Waals surface area contributed by atoms with Crippen LogP contribution in [-0.4, -0.2) is 13.0 Å². The number of para-hydroxylation sites is 1. The van der Waals surface area contributed by atoms with Crippen molar-refractivity contribution in [2.45, 2.75) is 4.90 Å². The lowest BCUT2D eigenvalue weighted by molar-refractivity contribution is 0.483. The molecule has 0 saturated heterocycles. The number of nitrogen functional groups attached to an aromatic ring is 1. The molecule has 0 saturated carbocycles. The van der Waals surface area contributed by atoms with E-state index in [0.29, 0.717) is 5.69 Å². The largest absolute Gasteiger partial charge is 0.397 e. The summed E-state index contributed by atoms with van der Waals surface area (Å²) in [5.41, 5.74) is 7.39. The standard InChI is InChI=1S/C12H12N2O3S/c13-11-8-10(18(15,16)17)6-7-12(11)14-9-4-2-1-3-5-9/h1-8,14H,13H2,(H,15,16,17). The number of rotatable bonds is 3. The van der Waals surface area contributed by atoms with E-state index in [1.54, 1.807) is 0 Å². The summed E-state index contributed by atoms with van der Waals surface area (Å²) >= 11 is 0. The monoisotopic (exact) mass is 264 g/mol. The Morgan fingerprint density at radius 1 is 1.06 bits per heavy atom. The number of anilines is 3. The molecule has 0 aliphatic carbocycles. The van der Waals surface area contributed by atoms with Crippen molar-refractivity contribution < 1.29 is 13.0 Å². The summed E-state index contributed by atoms with van der Waals surface area (Å²) in [4.78, 5) is -0.224.